The Morgan fingerprint density at radius 3 is 2.29 bits per heavy atom. The number of esters is 1. The lowest BCUT2D eigenvalue weighted by atomic mass is 10.1. The molecule has 0 saturated carbocycles. The van der Waals surface area contributed by atoms with Gasteiger partial charge in [0.25, 0.3) is 0 Å². The summed E-state index contributed by atoms with van der Waals surface area (Å²) in [6.45, 7) is 16.3. The number of carbonyl (C=O) groups is 1. The Balaban J connectivity index is 0.00000191. The molecule has 1 aromatic rings. The van der Waals surface area contributed by atoms with Gasteiger partial charge in [-0.3, -0.25) is 4.79 Å². The van der Waals surface area contributed by atoms with E-state index in [1.807, 2.05) is 41.5 Å². The minimum Gasteiger partial charge on any atom is -0.459 e. The Labute approximate surface area is 130 Å². The molecular formula is C18H31NO2. The average Bonchev–Trinajstić information content (AvgIpc) is 2.37. The topological polar surface area (TPSA) is 38.3 Å². The highest BCUT2D eigenvalue weighted by molar-refractivity contribution is 5.75. The second kappa shape index (κ2) is 8.83. The fourth-order valence-corrected chi connectivity index (χ4v) is 1.78. The molecule has 0 radical (unpaired) electrons. The van der Waals surface area contributed by atoms with Crippen molar-refractivity contribution in [2.75, 3.05) is 0 Å². The van der Waals surface area contributed by atoms with Crippen LogP contribution in [0.2, 0.25) is 0 Å². The first-order valence-electron chi connectivity index (χ1n) is 7.71. The maximum absolute atomic E-state index is 11.8. The maximum Gasteiger partial charge on any atom is 0.323 e. The molecule has 120 valence electrons. The van der Waals surface area contributed by atoms with Gasteiger partial charge in [0.05, 0.1) is 0 Å². The number of ether oxygens (including phenoxy) is 1. The minimum absolute atomic E-state index is 0.211. The lowest BCUT2D eigenvalue weighted by molar-refractivity contribution is -0.157. The highest BCUT2D eigenvalue weighted by Crippen LogP contribution is 2.11. The van der Waals surface area contributed by atoms with Gasteiger partial charge in [-0.15, -0.1) is 0 Å². The van der Waals surface area contributed by atoms with Crippen molar-refractivity contribution in [3.63, 3.8) is 0 Å². The summed E-state index contributed by atoms with van der Waals surface area (Å²) < 4.78 is 5.34. The Morgan fingerprint density at radius 1 is 1.24 bits per heavy atom. The molecule has 3 heteroatoms. The van der Waals surface area contributed by atoms with Crippen molar-refractivity contribution < 1.29 is 9.53 Å². The molecule has 0 aliphatic heterocycles. The Hall–Kier alpha value is -1.35. The van der Waals surface area contributed by atoms with Gasteiger partial charge in [0, 0.05) is 6.54 Å². The number of aryl methyl sites for hydroxylation is 2. The Morgan fingerprint density at radius 2 is 1.81 bits per heavy atom. The highest BCUT2D eigenvalue weighted by Gasteiger charge is 2.21. The van der Waals surface area contributed by atoms with Crippen molar-refractivity contribution in [1.82, 2.24) is 5.32 Å². The van der Waals surface area contributed by atoms with E-state index in [4.69, 9.17) is 4.74 Å². The van der Waals surface area contributed by atoms with Crippen molar-refractivity contribution in [2.24, 2.45) is 0 Å². The van der Waals surface area contributed by atoms with Gasteiger partial charge in [-0.25, -0.2) is 0 Å². The average molecular weight is 293 g/mol. The number of nitrogens with one attached hydrogen (secondary N) is 1. The first kappa shape index (κ1) is 19.7. The van der Waals surface area contributed by atoms with E-state index in [2.05, 4.69) is 37.4 Å². The smallest absolute Gasteiger partial charge is 0.323 e. The van der Waals surface area contributed by atoms with Crippen LogP contribution in [-0.4, -0.2) is 17.6 Å². The molecule has 1 rings (SSSR count). The summed E-state index contributed by atoms with van der Waals surface area (Å²) in [4.78, 5) is 11.8. The van der Waals surface area contributed by atoms with Crippen molar-refractivity contribution in [3.8, 4) is 0 Å². The van der Waals surface area contributed by atoms with Gasteiger partial charge in [-0.05, 0) is 52.7 Å². The third-order valence-corrected chi connectivity index (χ3v) is 2.86. The van der Waals surface area contributed by atoms with Crippen molar-refractivity contribution in [1.29, 1.82) is 0 Å². The monoisotopic (exact) mass is 293 g/mol. The van der Waals surface area contributed by atoms with Gasteiger partial charge < -0.3 is 10.1 Å². The van der Waals surface area contributed by atoms with Crippen LogP contribution < -0.4 is 5.32 Å². The van der Waals surface area contributed by atoms with E-state index >= 15 is 0 Å². The predicted octanol–water partition coefficient (Wildman–Crippen LogP) is 4.15. The molecule has 0 spiro atoms. The molecule has 1 atom stereocenters. The van der Waals surface area contributed by atoms with Crippen molar-refractivity contribution >= 4 is 5.97 Å². The largest absolute Gasteiger partial charge is 0.459 e. The van der Waals surface area contributed by atoms with Crippen LogP contribution in [0.5, 0.6) is 0 Å². The van der Waals surface area contributed by atoms with Gasteiger partial charge in [0.1, 0.15) is 11.6 Å². The zero-order chi connectivity index (χ0) is 16.6. The van der Waals surface area contributed by atoms with Crippen LogP contribution in [0.4, 0.5) is 0 Å². The number of rotatable bonds is 4. The second-order valence-corrected chi connectivity index (χ2v) is 6.07. The molecule has 0 amide bonds. The normalized spacial score (nSPS) is 12.2. The highest BCUT2D eigenvalue weighted by atomic mass is 16.6. The van der Waals surface area contributed by atoms with E-state index in [0.717, 1.165) is 0 Å². The number of carbonyl (C=O) groups excluding carboxylic acids is 1. The Kier molecular flexibility index (Phi) is 8.26. The molecule has 0 aromatic heterocycles. The first-order valence-corrected chi connectivity index (χ1v) is 7.71. The van der Waals surface area contributed by atoms with E-state index in [-0.39, 0.29) is 12.0 Å². The van der Waals surface area contributed by atoms with Gasteiger partial charge >= 0.3 is 5.97 Å². The van der Waals surface area contributed by atoms with E-state index in [1.165, 1.54) is 16.7 Å². The molecular weight excluding hydrogens is 262 g/mol. The molecule has 1 unspecified atom stereocenters. The summed E-state index contributed by atoms with van der Waals surface area (Å²) in [5, 5.41) is 3.21. The lowest BCUT2D eigenvalue weighted by Crippen LogP contribution is -2.38. The summed E-state index contributed by atoms with van der Waals surface area (Å²) in [5.74, 6) is -0.211. The zero-order valence-corrected chi connectivity index (χ0v) is 14.8. The molecule has 21 heavy (non-hydrogen) atoms. The van der Waals surface area contributed by atoms with Gasteiger partial charge in [-0.2, -0.15) is 0 Å². The van der Waals surface area contributed by atoms with Crippen LogP contribution in [0.25, 0.3) is 0 Å². The quantitative estimate of drug-likeness (QED) is 0.848. The number of benzene rings is 1. The summed E-state index contributed by atoms with van der Waals surface area (Å²) in [5.41, 5.74) is 3.26. The van der Waals surface area contributed by atoms with Gasteiger partial charge in [0.2, 0.25) is 0 Å². The van der Waals surface area contributed by atoms with Crippen LogP contribution in [0, 0.1) is 13.8 Å². The summed E-state index contributed by atoms with van der Waals surface area (Å²) in [7, 11) is 0. The van der Waals surface area contributed by atoms with E-state index in [0.29, 0.717) is 6.54 Å². The predicted molar refractivity (Wildman–Crippen MR) is 89.4 cm³/mol. The van der Waals surface area contributed by atoms with Crippen molar-refractivity contribution in [3.05, 3.63) is 34.9 Å². The van der Waals surface area contributed by atoms with E-state index < -0.39 is 5.60 Å². The summed E-state index contributed by atoms with van der Waals surface area (Å²) >= 11 is 0. The van der Waals surface area contributed by atoms with Crippen LogP contribution in [0.15, 0.2) is 18.2 Å². The SMILES string of the molecule is CC.Cc1ccc(CNC(C)C(=O)OC(C)(C)C)c(C)c1. The van der Waals surface area contributed by atoms with Crippen LogP contribution in [-0.2, 0) is 16.1 Å². The minimum atomic E-state index is -0.438. The fourth-order valence-electron chi connectivity index (χ4n) is 1.78. The second-order valence-electron chi connectivity index (χ2n) is 6.07. The standard InChI is InChI=1S/C16H25NO2.C2H6/c1-11-7-8-14(12(2)9-11)10-17-13(3)15(18)19-16(4,5)6;1-2/h7-9,13,17H,10H2,1-6H3;1-2H3. The molecule has 1 aromatic carbocycles. The zero-order valence-electron chi connectivity index (χ0n) is 14.8. The Bertz CT molecular complexity index is 447. The molecule has 1 N–H and O–H groups in total. The molecule has 0 saturated heterocycles. The van der Waals surface area contributed by atoms with Crippen LogP contribution >= 0.6 is 0 Å². The number of hydrogen-bond acceptors (Lipinski definition) is 3. The summed E-state index contributed by atoms with van der Waals surface area (Å²) in [6, 6.07) is 6.02. The molecule has 0 fully saturated rings. The maximum atomic E-state index is 11.8. The fraction of sp³-hybridized carbons (Fsp3) is 0.611. The third kappa shape index (κ3) is 7.86. The molecule has 0 aliphatic rings. The molecule has 3 nitrogen and oxygen atoms in total. The number of hydrogen-bond donors (Lipinski definition) is 1. The third-order valence-electron chi connectivity index (χ3n) is 2.86. The van der Waals surface area contributed by atoms with E-state index in [9.17, 15) is 4.79 Å². The molecule has 0 heterocycles. The van der Waals surface area contributed by atoms with E-state index in [1.54, 1.807) is 0 Å². The van der Waals surface area contributed by atoms with Gasteiger partial charge in [0.15, 0.2) is 0 Å². The summed E-state index contributed by atoms with van der Waals surface area (Å²) in [6.07, 6.45) is 0. The van der Waals surface area contributed by atoms with Gasteiger partial charge in [-0.1, -0.05) is 37.6 Å². The molecule has 0 bridgehead atoms. The first-order chi connectivity index (χ1) is 9.69. The van der Waals surface area contributed by atoms with Crippen molar-refractivity contribution in [2.45, 2.75) is 73.6 Å². The van der Waals surface area contributed by atoms with Crippen LogP contribution in [0.3, 0.4) is 0 Å². The lowest BCUT2D eigenvalue weighted by Gasteiger charge is -2.23. The molecule has 0 aliphatic carbocycles. The van der Waals surface area contributed by atoms with Crippen LogP contribution in [0.1, 0.15) is 58.2 Å².